The number of nitrogens with zero attached hydrogens (tertiary/aromatic N) is 5. The highest BCUT2D eigenvalue weighted by atomic mass is 35.5. The Morgan fingerprint density at radius 1 is 1.00 bits per heavy atom. The normalized spacial score (nSPS) is 24.2. The van der Waals surface area contributed by atoms with Crippen molar-refractivity contribution in [1.82, 2.24) is 29.8 Å². The predicted octanol–water partition coefficient (Wildman–Crippen LogP) is 4.51. The number of likely N-dealkylation sites (N-methyl/N-ethyl adjacent to an activating group) is 1. The van der Waals surface area contributed by atoms with Gasteiger partial charge in [0.1, 0.15) is 10.8 Å². The molecule has 276 valence electrons. The Balaban J connectivity index is 0.888. The number of aryl methyl sites for hydroxylation is 1. The highest BCUT2D eigenvalue weighted by Crippen LogP contribution is 2.42. The Morgan fingerprint density at radius 3 is 2.40 bits per heavy atom. The minimum atomic E-state index is -0.626. The zero-order valence-electron chi connectivity index (χ0n) is 29.9. The first-order valence-electron chi connectivity index (χ1n) is 18.4. The van der Waals surface area contributed by atoms with Crippen molar-refractivity contribution in [2.24, 2.45) is 12.5 Å². The van der Waals surface area contributed by atoms with Gasteiger partial charge in [-0.15, -0.1) is 0 Å². The predicted molar refractivity (Wildman–Crippen MR) is 197 cm³/mol. The molecule has 13 heteroatoms. The molecule has 11 nitrogen and oxygen atoms in total. The fourth-order valence-electron chi connectivity index (χ4n) is 8.65. The summed E-state index contributed by atoms with van der Waals surface area (Å²) in [4.78, 5) is 56.2. The number of hydrogen-bond acceptors (Lipinski definition) is 8. The summed E-state index contributed by atoms with van der Waals surface area (Å²) in [6.45, 7) is 5.70. The maximum atomic E-state index is 15.1. The van der Waals surface area contributed by atoms with Crippen LogP contribution in [0.5, 0.6) is 0 Å². The molecule has 3 atom stereocenters. The van der Waals surface area contributed by atoms with Crippen molar-refractivity contribution in [2.45, 2.75) is 69.4 Å². The number of piperidine rings is 4. The molecule has 1 aromatic heterocycles. The van der Waals surface area contributed by atoms with Crippen molar-refractivity contribution in [3.05, 3.63) is 92.1 Å². The average molecular weight is 732 g/mol. The number of nitrogens with one attached hydrogen (secondary N) is 2. The summed E-state index contributed by atoms with van der Waals surface area (Å²) in [5, 5.41) is 10.00. The monoisotopic (exact) mass is 731 g/mol. The van der Waals surface area contributed by atoms with Gasteiger partial charge in [0, 0.05) is 63.4 Å². The summed E-state index contributed by atoms with van der Waals surface area (Å²) in [5.74, 6) is -1.41. The van der Waals surface area contributed by atoms with E-state index in [2.05, 4.69) is 44.7 Å². The first kappa shape index (κ1) is 36.2. The number of hydrogen-bond donors (Lipinski definition) is 2. The lowest BCUT2D eigenvalue weighted by Crippen LogP contribution is -2.48. The summed E-state index contributed by atoms with van der Waals surface area (Å²) in [7, 11) is 3.66. The molecule has 3 aromatic rings. The lowest BCUT2D eigenvalue weighted by molar-refractivity contribution is -0.134. The highest BCUT2D eigenvalue weighted by molar-refractivity contribution is 6.32. The molecule has 0 radical (unpaired) electrons. The maximum absolute atomic E-state index is 15.1. The second kappa shape index (κ2) is 15.1. The molecule has 0 aliphatic carbocycles. The maximum Gasteiger partial charge on any atom is 0.287 e. The molecule has 0 bridgehead atoms. The molecule has 1 spiro atoms. The van der Waals surface area contributed by atoms with Crippen molar-refractivity contribution < 1.29 is 18.8 Å². The van der Waals surface area contributed by atoms with Gasteiger partial charge in [0.05, 0.1) is 17.8 Å². The molecular formula is C39H47ClFN7O4. The molecule has 5 heterocycles. The molecule has 4 aliphatic rings. The number of anilines is 1. The van der Waals surface area contributed by atoms with Crippen molar-refractivity contribution in [2.75, 3.05) is 51.6 Å². The second-order valence-corrected chi connectivity index (χ2v) is 15.7. The van der Waals surface area contributed by atoms with Crippen LogP contribution >= 0.6 is 11.6 Å². The Bertz CT molecular complexity index is 1880. The fraction of sp³-hybridized carbons (Fsp3) is 0.513. The van der Waals surface area contributed by atoms with Gasteiger partial charge in [-0.05, 0) is 99.3 Å². The number of aromatic nitrogens is 2. The van der Waals surface area contributed by atoms with E-state index < -0.39 is 17.6 Å². The Hall–Kier alpha value is -4.13. The number of likely N-dealkylation sites (tertiary alicyclic amines) is 3. The van der Waals surface area contributed by atoms with E-state index in [1.165, 1.54) is 16.3 Å². The van der Waals surface area contributed by atoms with Gasteiger partial charge in [0.15, 0.2) is 0 Å². The van der Waals surface area contributed by atoms with Crippen LogP contribution in [0.25, 0.3) is 0 Å². The lowest BCUT2D eigenvalue weighted by atomic mass is 9.71. The number of carbonyl (C=O) groups excluding carboxylic acids is 3. The van der Waals surface area contributed by atoms with Crippen LogP contribution in [0.15, 0.2) is 53.5 Å². The summed E-state index contributed by atoms with van der Waals surface area (Å²) in [6.07, 6.45) is 7.08. The third-order valence-corrected chi connectivity index (χ3v) is 12.2. The van der Waals surface area contributed by atoms with Gasteiger partial charge in [-0.2, -0.15) is 5.10 Å². The standard InChI is InChI=1S/C39H47ClFN7O4/c1-45-23-28(20-29(24-45)43-33-21-42-46(2)38(52)35(33)40)26-4-6-27(7-5-26)37(51)48-17-13-39(14-18-48)11-15-47(16-12-39)22-25-3-8-30(32(41)19-25)31-9-10-34(49)44-36(31)50/h3-8,19,21,28-29,31,43H,9-18,20,22-24H2,1-2H3,(H,44,49,50)/t28-,29+,31?/m0/s1. The zero-order valence-corrected chi connectivity index (χ0v) is 30.6. The number of imide groups is 1. The first-order valence-corrected chi connectivity index (χ1v) is 18.8. The van der Waals surface area contributed by atoms with Crippen LogP contribution < -0.4 is 16.2 Å². The van der Waals surface area contributed by atoms with E-state index >= 15 is 4.39 Å². The number of rotatable bonds is 7. The third kappa shape index (κ3) is 7.79. The average Bonchev–Trinajstić information content (AvgIpc) is 3.13. The van der Waals surface area contributed by atoms with Crippen molar-refractivity contribution in [3.63, 3.8) is 0 Å². The van der Waals surface area contributed by atoms with E-state index in [1.54, 1.807) is 19.3 Å². The number of halogens is 2. The fourth-order valence-corrected chi connectivity index (χ4v) is 8.87. The molecule has 7 rings (SSSR count). The van der Waals surface area contributed by atoms with Crippen LogP contribution in [0.4, 0.5) is 10.1 Å². The van der Waals surface area contributed by atoms with E-state index in [9.17, 15) is 19.2 Å². The largest absolute Gasteiger partial charge is 0.378 e. The molecule has 4 aliphatic heterocycles. The van der Waals surface area contributed by atoms with Gasteiger partial charge < -0.3 is 15.1 Å². The highest BCUT2D eigenvalue weighted by Gasteiger charge is 2.39. The third-order valence-electron chi connectivity index (χ3n) is 11.8. The van der Waals surface area contributed by atoms with E-state index in [4.69, 9.17) is 11.6 Å². The SMILES string of the molecule is CN1C[C@H](Nc2cnn(C)c(=O)c2Cl)C[C@H](c2ccc(C(=O)N3CCC4(CCN(Cc5ccc(C6CCC(=O)NC6=O)c(F)c5)CC4)CC3)cc2)C1. The summed E-state index contributed by atoms with van der Waals surface area (Å²) in [5.41, 5.74) is 3.57. The minimum absolute atomic E-state index is 0.0784. The molecule has 2 aromatic carbocycles. The van der Waals surface area contributed by atoms with Gasteiger partial charge in [-0.1, -0.05) is 35.9 Å². The van der Waals surface area contributed by atoms with Crippen molar-refractivity contribution in [3.8, 4) is 0 Å². The van der Waals surface area contributed by atoms with E-state index in [0.717, 1.165) is 76.9 Å². The van der Waals surface area contributed by atoms with Crippen LogP contribution in [0, 0.1) is 11.2 Å². The Kier molecular flexibility index (Phi) is 10.5. The molecule has 4 saturated heterocycles. The molecule has 1 unspecified atom stereocenters. The summed E-state index contributed by atoms with van der Waals surface area (Å²) in [6, 6.07) is 13.3. The quantitative estimate of drug-likeness (QED) is 0.341. The number of carbonyl (C=O) groups is 3. The molecule has 4 fully saturated rings. The Labute approximate surface area is 308 Å². The van der Waals surface area contributed by atoms with E-state index in [0.29, 0.717) is 29.8 Å². The van der Waals surface area contributed by atoms with Gasteiger partial charge in [0.2, 0.25) is 11.8 Å². The van der Waals surface area contributed by atoms with Gasteiger partial charge in [0.25, 0.3) is 11.5 Å². The molecular weight excluding hydrogens is 685 g/mol. The van der Waals surface area contributed by atoms with Gasteiger partial charge in [-0.25, -0.2) is 9.07 Å². The smallest absolute Gasteiger partial charge is 0.287 e. The number of amides is 3. The first-order chi connectivity index (χ1) is 25.0. The molecule has 3 amide bonds. The number of benzene rings is 2. The molecule has 2 N–H and O–H groups in total. The molecule has 52 heavy (non-hydrogen) atoms. The van der Waals surface area contributed by atoms with E-state index in [1.807, 2.05) is 23.1 Å². The molecule has 0 saturated carbocycles. The zero-order chi connectivity index (χ0) is 36.6. The van der Waals surface area contributed by atoms with Crippen LogP contribution in [0.3, 0.4) is 0 Å². The van der Waals surface area contributed by atoms with Gasteiger partial charge in [-0.3, -0.25) is 29.4 Å². The van der Waals surface area contributed by atoms with Crippen molar-refractivity contribution in [1.29, 1.82) is 0 Å². The van der Waals surface area contributed by atoms with Crippen LogP contribution in [0.2, 0.25) is 5.02 Å². The van der Waals surface area contributed by atoms with Gasteiger partial charge >= 0.3 is 0 Å². The topological polar surface area (TPSA) is 120 Å². The summed E-state index contributed by atoms with van der Waals surface area (Å²) >= 11 is 6.31. The van der Waals surface area contributed by atoms with Crippen LogP contribution in [-0.4, -0.2) is 94.6 Å². The lowest BCUT2D eigenvalue weighted by Gasteiger charge is -2.47. The van der Waals surface area contributed by atoms with Crippen molar-refractivity contribution >= 4 is 35.0 Å². The Morgan fingerprint density at radius 2 is 1.71 bits per heavy atom. The van der Waals surface area contributed by atoms with Crippen LogP contribution in [-0.2, 0) is 23.2 Å². The summed E-state index contributed by atoms with van der Waals surface area (Å²) < 4.78 is 16.3. The van der Waals surface area contributed by atoms with Crippen LogP contribution in [0.1, 0.15) is 83.8 Å². The van der Waals surface area contributed by atoms with E-state index in [-0.39, 0.29) is 46.2 Å². The second-order valence-electron chi connectivity index (χ2n) is 15.3. The minimum Gasteiger partial charge on any atom is -0.378 e.